The van der Waals surface area contributed by atoms with Gasteiger partial charge in [0.15, 0.2) is 0 Å². The molecule has 4 saturated heterocycles. The molecule has 0 bridgehead atoms. The normalized spacial score (nSPS) is 31.7. The molecule has 4 saturated carbocycles. The van der Waals surface area contributed by atoms with Crippen molar-refractivity contribution in [2.45, 2.75) is 273 Å². The number of hydrogen-bond donors (Lipinski definition) is 3. The number of alkyl halides is 4. The van der Waals surface area contributed by atoms with E-state index in [0.717, 1.165) is 38.5 Å². The Bertz CT molecular complexity index is 2980. The number of piperidine rings is 1. The van der Waals surface area contributed by atoms with Gasteiger partial charge in [0.05, 0.1) is 18.9 Å². The van der Waals surface area contributed by atoms with E-state index in [4.69, 9.17) is 11.6 Å². The number of carbonyl (C=O) groups excluding carboxylic acids is 12. The molecule has 1 spiro atoms. The number of amides is 12. The number of nitrogens with one attached hydrogen (secondary N) is 3. The highest BCUT2D eigenvalue weighted by Crippen LogP contribution is 2.44. The van der Waals surface area contributed by atoms with E-state index >= 15 is 28.8 Å². The third-order valence-electron chi connectivity index (χ3n) is 23.7. The Kier molecular flexibility index (Phi) is 27.3. The van der Waals surface area contributed by atoms with Gasteiger partial charge in [-0.2, -0.15) is 13.2 Å². The predicted octanol–water partition coefficient (Wildman–Crippen LogP) is 5.85. The molecular formula is C72H114ClF3N12O12. The molecule has 3 N–H and O–H groups in total. The van der Waals surface area contributed by atoms with Crippen molar-refractivity contribution >= 4 is 82.5 Å². The summed E-state index contributed by atoms with van der Waals surface area (Å²) in [4.78, 5) is 192. The van der Waals surface area contributed by atoms with E-state index in [1.54, 1.807) is 11.8 Å². The van der Waals surface area contributed by atoms with Gasteiger partial charge in [-0.15, -0.1) is 11.6 Å². The van der Waals surface area contributed by atoms with Gasteiger partial charge in [0, 0.05) is 73.8 Å². The third-order valence-corrected chi connectivity index (χ3v) is 24.2. The predicted molar refractivity (Wildman–Crippen MR) is 368 cm³/mol. The van der Waals surface area contributed by atoms with Gasteiger partial charge in [-0.25, -0.2) is 0 Å². The first-order chi connectivity index (χ1) is 47.2. The molecule has 24 nitrogen and oxygen atoms in total. The number of nitrogens with zero attached hydrogens (tertiary/aromatic N) is 9. The quantitative estimate of drug-likeness (QED) is 0.206. The Balaban J connectivity index is 1.15. The van der Waals surface area contributed by atoms with Gasteiger partial charge in [-0.3, -0.25) is 57.5 Å². The molecule has 100 heavy (non-hydrogen) atoms. The minimum absolute atomic E-state index is 0.00495. The number of likely N-dealkylation sites (N-methyl/N-ethyl adjacent to an activating group) is 6. The average Bonchev–Trinajstić information content (AvgIpc) is 1.07. The van der Waals surface area contributed by atoms with Gasteiger partial charge < -0.3 is 60.0 Å². The summed E-state index contributed by atoms with van der Waals surface area (Å²) in [6, 6.07) is -10.6. The number of rotatable bonds is 11. The zero-order valence-electron chi connectivity index (χ0n) is 61.1. The van der Waals surface area contributed by atoms with E-state index in [-0.39, 0.29) is 107 Å². The fourth-order valence-electron chi connectivity index (χ4n) is 16.7. The van der Waals surface area contributed by atoms with E-state index in [0.29, 0.717) is 64.5 Å². The second-order valence-electron chi connectivity index (χ2n) is 31.1. The van der Waals surface area contributed by atoms with Crippen LogP contribution in [0.25, 0.3) is 0 Å². The Labute approximate surface area is 594 Å². The molecule has 0 aromatic carbocycles. The maximum Gasteiger partial charge on any atom is 0.393 e. The van der Waals surface area contributed by atoms with Crippen molar-refractivity contribution in [2.75, 3.05) is 75.0 Å². The van der Waals surface area contributed by atoms with E-state index < -0.39 is 167 Å². The summed E-state index contributed by atoms with van der Waals surface area (Å²) in [5.41, 5.74) is -1.54. The number of hydrogen-bond acceptors (Lipinski definition) is 12. The van der Waals surface area contributed by atoms with Crippen LogP contribution in [0.4, 0.5) is 13.2 Å². The molecule has 12 amide bonds. The van der Waals surface area contributed by atoms with E-state index in [2.05, 4.69) is 16.0 Å². The number of likely N-dealkylation sites (tertiary alicyclic amines) is 1. The highest BCUT2D eigenvalue weighted by Gasteiger charge is 2.54. The van der Waals surface area contributed by atoms with Crippen LogP contribution in [0.15, 0.2) is 0 Å². The van der Waals surface area contributed by atoms with Gasteiger partial charge >= 0.3 is 6.18 Å². The van der Waals surface area contributed by atoms with Crippen molar-refractivity contribution in [3.8, 4) is 0 Å². The van der Waals surface area contributed by atoms with Gasteiger partial charge in [0.1, 0.15) is 59.9 Å². The Morgan fingerprint density at radius 1 is 0.600 bits per heavy atom. The molecule has 8 aliphatic rings. The van der Waals surface area contributed by atoms with Crippen LogP contribution in [-0.2, 0) is 57.5 Å². The molecule has 8 fully saturated rings. The molecule has 562 valence electrons. The standard InChI is InChI=1S/C72H114ClF3N12O12/c1-12-44(4)59-68(98)81(7)45(5)63(93)88-37-31-53(88)66(96)83(9)55(40-46-22-15-13-16-23-46)65(95)80(6)42-57(89)77-51(30-26-47-25-29-49(50(73)39-47)72(74,75)76)64(94)87-36-21-24-52(87)62(92)79-71(32-17-18-33-71)70(100)85(11)60(48-27-28-48)69(99)84(10)56(67(97)86-34-19-14-20-35-86)41-58(90)82(8)54(38-43(2)3)61(91)78-59/h43-56,59-60H,12-42H2,1-11H3,(H,77,89)(H,78,91)(H,79,92)/t44-,45-,47?,49?,50?,51-,52-,53-,54-,55-,56-,59-,60-/m0/s1. The van der Waals surface area contributed by atoms with Crippen LogP contribution in [-0.4, -0.2) is 261 Å². The molecule has 13 atom stereocenters. The molecule has 4 heterocycles. The second kappa shape index (κ2) is 34.3. The SMILES string of the molecule is CC[C@H](C)[C@@H]1NC(=O)[C@H](CC(C)C)N(C)C(=O)C[C@@H](C(=O)N2CCCCC2)N(C)C(=O)[C@H](C2CC2)N(C)C(=O)C2(CCCC2)NC(=O)[C@@H]2CCCN2C(=O)[C@H](CCC2CCC(C(F)(F)F)C(Cl)C2)NC(=O)CN(C)C(=O)[C@H](CC2CCCCC2)N(C)C(=O)[C@@H]2CCN2C(=O)[C@H](C)N(C)C1=O. The third kappa shape index (κ3) is 18.6. The number of fused-ring (bicyclic) bond motifs is 2. The molecule has 0 aromatic heterocycles. The fourth-order valence-corrected chi connectivity index (χ4v) is 17.2. The molecule has 4 aliphatic carbocycles. The minimum Gasteiger partial charge on any atom is -0.343 e. The first kappa shape index (κ1) is 79.4. The van der Waals surface area contributed by atoms with E-state index in [1.165, 1.54) is 88.4 Å². The monoisotopic (exact) mass is 1430 g/mol. The van der Waals surface area contributed by atoms with Crippen molar-refractivity contribution in [1.82, 2.24) is 60.0 Å². The zero-order chi connectivity index (χ0) is 73.4. The maximum absolute atomic E-state index is 15.5. The molecular weight excluding hydrogens is 1320 g/mol. The first-order valence-electron chi connectivity index (χ1n) is 37.3. The summed E-state index contributed by atoms with van der Waals surface area (Å²) in [6.07, 6.45) is 5.90. The van der Waals surface area contributed by atoms with Crippen molar-refractivity contribution < 1.29 is 70.7 Å². The lowest BCUT2D eigenvalue weighted by Crippen LogP contribution is -2.65. The van der Waals surface area contributed by atoms with Crippen LogP contribution < -0.4 is 16.0 Å². The van der Waals surface area contributed by atoms with Crippen molar-refractivity contribution in [3.05, 3.63) is 0 Å². The van der Waals surface area contributed by atoms with Gasteiger partial charge in [0.2, 0.25) is 70.9 Å². The van der Waals surface area contributed by atoms with Crippen LogP contribution in [0, 0.1) is 35.5 Å². The summed E-state index contributed by atoms with van der Waals surface area (Å²) >= 11 is 6.41. The molecule has 8 rings (SSSR count). The molecule has 0 radical (unpaired) electrons. The average molecular weight is 1430 g/mol. The lowest BCUT2D eigenvalue weighted by Gasteiger charge is -2.45. The number of halogens is 4. The van der Waals surface area contributed by atoms with Gasteiger partial charge in [0.25, 0.3) is 0 Å². The Hall–Kier alpha value is -6.28. The highest BCUT2D eigenvalue weighted by atomic mass is 35.5. The van der Waals surface area contributed by atoms with Crippen molar-refractivity contribution in [2.24, 2.45) is 35.5 Å². The van der Waals surface area contributed by atoms with Crippen LogP contribution in [0.5, 0.6) is 0 Å². The molecule has 28 heteroatoms. The van der Waals surface area contributed by atoms with Crippen LogP contribution in [0.2, 0.25) is 0 Å². The van der Waals surface area contributed by atoms with Crippen LogP contribution >= 0.6 is 11.6 Å². The van der Waals surface area contributed by atoms with Gasteiger partial charge in [-0.1, -0.05) is 79.1 Å². The zero-order valence-corrected chi connectivity index (χ0v) is 61.8. The summed E-state index contributed by atoms with van der Waals surface area (Å²) in [6.45, 7) is 9.35. The number of carbonyl (C=O) groups is 12. The van der Waals surface area contributed by atoms with Crippen molar-refractivity contribution in [3.63, 3.8) is 0 Å². The maximum atomic E-state index is 15.5. The van der Waals surface area contributed by atoms with Crippen LogP contribution in [0.3, 0.4) is 0 Å². The van der Waals surface area contributed by atoms with Gasteiger partial charge in [-0.05, 0) is 146 Å². The summed E-state index contributed by atoms with van der Waals surface area (Å²) < 4.78 is 42.0. The topological polar surface area (TPSA) is 270 Å². The smallest absolute Gasteiger partial charge is 0.343 e. The largest absolute Gasteiger partial charge is 0.393 e. The lowest BCUT2D eigenvalue weighted by atomic mass is 9.78. The van der Waals surface area contributed by atoms with Crippen LogP contribution in [0.1, 0.15) is 202 Å². The van der Waals surface area contributed by atoms with Crippen molar-refractivity contribution in [1.29, 1.82) is 0 Å². The highest BCUT2D eigenvalue weighted by molar-refractivity contribution is 6.21. The summed E-state index contributed by atoms with van der Waals surface area (Å²) in [7, 11) is 8.76. The molecule has 0 aromatic rings. The summed E-state index contributed by atoms with van der Waals surface area (Å²) in [5, 5.41) is 7.65. The second-order valence-corrected chi connectivity index (χ2v) is 31.7. The van der Waals surface area contributed by atoms with E-state index in [9.17, 15) is 41.9 Å². The molecule has 4 aliphatic heterocycles. The first-order valence-corrected chi connectivity index (χ1v) is 37.7. The molecule has 3 unspecified atom stereocenters. The fraction of sp³-hybridized carbons (Fsp3) is 0.833. The summed E-state index contributed by atoms with van der Waals surface area (Å²) in [5.74, 6) is -10.2. The lowest BCUT2D eigenvalue weighted by molar-refractivity contribution is -0.182. The Morgan fingerprint density at radius 2 is 1.24 bits per heavy atom. The van der Waals surface area contributed by atoms with E-state index in [1.807, 2.05) is 20.8 Å². The Morgan fingerprint density at radius 3 is 1.83 bits per heavy atom. The minimum atomic E-state index is -4.50.